The fraction of sp³-hybridized carbons (Fsp3) is 0.375. The number of hydrogen-bond acceptors (Lipinski definition) is 5. The van der Waals surface area contributed by atoms with Crippen LogP contribution in [-0.4, -0.2) is 42.2 Å². The highest BCUT2D eigenvalue weighted by molar-refractivity contribution is 5.94. The van der Waals surface area contributed by atoms with Crippen LogP contribution in [0.2, 0.25) is 0 Å². The standard InChI is InChI=1S/C32H41N3O4/c1-21(2)30(37)27(17-18-34-32(38)25-13-15-26(33)16-14-25)28(19-24-11-6-5-7-12-24)35-29(36)20-39-31-22(3)9-8-10-23(31)4/h5-16,21,27-28,30,37H,17-20,33H2,1-4H3,(H,34,38)(H,35,36). The molecule has 2 amide bonds. The molecule has 3 atom stereocenters. The Morgan fingerprint density at radius 1 is 0.923 bits per heavy atom. The maximum Gasteiger partial charge on any atom is 0.258 e. The van der Waals surface area contributed by atoms with Crippen LogP contribution < -0.4 is 21.1 Å². The summed E-state index contributed by atoms with van der Waals surface area (Å²) in [6.07, 6.45) is 0.332. The van der Waals surface area contributed by atoms with Gasteiger partial charge in [-0.2, -0.15) is 0 Å². The molecule has 39 heavy (non-hydrogen) atoms. The molecule has 3 unspecified atom stereocenters. The molecule has 7 heteroatoms. The Bertz CT molecular complexity index is 1190. The summed E-state index contributed by atoms with van der Waals surface area (Å²) in [6, 6.07) is 22.1. The number of nitrogens with one attached hydrogen (secondary N) is 2. The number of nitrogens with two attached hydrogens (primary N) is 1. The monoisotopic (exact) mass is 531 g/mol. The molecule has 0 aromatic heterocycles. The number of ether oxygens (including phenoxy) is 1. The largest absolute Gasteiger partial charge is 0.483 e. The van der Waals surface area contributed by atoms with Crippen molar-refractivity contribution in [1.82, 2.24) is 10.6 Å². The first-order chi connectivity index (χ1) is 18.7. The quantitative estimate of drug-likeness (QED) is 0.244. The van der Waals surface area contributed by atoms with Crippen LogP contribution in [0, 0.1) is 25.7 Å². The third kappa shape index (κ3) is 8.86. The average Bonchev–Trinajstić information content (AvgIpc) is 2.91. The van der Waals surface area contributed by atoms with Crippen molar-refractivity contribution >= 4 is 17.5 Å². The number of carbonyl (C=O) groups excluding carboxylic acids is 2. The van der Waals surface area contributed by atoms with Crippen molar-refractivity contribution < 1.29 is 19.4 Å². The molecule has 0 saturated heterocycles. The number of anilines is 1. The molecular formula is C32H41N3O4. The summed E-state index contributed by atoms with van der Waals surface area (Å²) in [4.78, 5) is 25.8. The Labute approximate surface area is 231 Å². The number of aliphatic hydroxyl groups is 1. The normalized spacial score (nSPS) is 13.4. The van der Waals surface area contributed by atoms with E-state index in [2.05, 4.69) is 10.6 Å². The second-order valence-electron chi connectivity index (χ2n) is 10.4. The van der Waals surface area contributed by atoms with Crippen LogP contribution in [0.25, 0.3) is 0 Å². The summed E-state index contributed by atoms with van der Waals surface area (Å²) < 4.78 is 5.90. The highest BCUT2D eigenvalue weighted by Gasteiger charge is 2.31. The number of carbonyl (C=O) groups is 2. The first kappa shape index (κ1) is 29.7. The van der Waals surface area contributed by atoms with E-state index in [-0.39, 0.29) is 36.3 Å². The van der Waals surface area contributed by atoms with Gasteiger partial charge in [0.2, 0.25) is 0 Å². The molecule has 0 aliphatic rings. The first-order valence-electron chi connectivity index (χ1n) is 13.5. The van der Waals surface area contributed by atoms with E-state index >= 15 is 0 Å². The van der Waals surface area contributed by atoms with Gasteiger partial charge in [0.15, 0.2) is 6.61 Å². The van der Waals surface area contributed by atoms with E-state index in [0.29, 0.717) is 36.4 Å². The van der Waals surface area contributed by atoms with Crippen molar-refractivity contribution in [2.45, 2.75) is 52.7 Å². The zero-order valence-electron chi connectivity index (χ0n) is 23.3. The van der Waals surface area contributed by atoms with Crippen molar-refractivity contribution in [2.75, 3.05) is 18.9 Å². The Balaban J connectivity index is 1.74. The first-order valence-corrected chi connectivity index (χ1v) is 13.5. The van der Waals surface area contributed by atoms with Crippen LogP contribution in [0.5, 0.6) is 5.75 Å². The van der Waals surface area contributed by atoms with Gasteiger partial charge in [-0.05, 0) is 73.6 Å². The van der Waals surface area contributed by atoms with Gasteiger partial charge in [0.25, 0.3) is 11.8 Å². The molecule has 5 N–H and O–H groups in total. The van der Waals surface area contributed by atoms with Gasteiger partial charge in [-0.25, -0.2) is 0 Å². The van der Waals surface area contributed by atoms with Gasteiger partial charge < -0.3 is 26.2 Å². The maximum atomic E-state index is 13.1. The molecule has 0 bridgehead atoms. The van der Waals surface area contributed by atoms with Gasteiger partial charge in [-0.1, -0.05) is 62.4 Å². The lowest BCUT2D eigenvalue weighted by molar-refractivity contribution is -0.124. The van der Waals surface area contributed by atoms with Crippen molar-refractivity contribution in [3.8, 4) is 5.75 Å². The minimum atomic E-state index is -0.688. The summed E-state index contributed by atoms with van der Waals surface area (Å²) in [7, 11) is 0. The van der Waals surface area contributed by atoms with Gasteiger partial charge in [-0.15, -0.1) is 0 Å². The molecular weight excluding hydrogens is 490 g/mol. The molecule has 7 nitrogen and oxygen atoms in total. The van der Waals surface area contributed by atoms with Crippen molar-refractivity contribution in [3.63, 3.8) is 0 Å². The second kappa shape index (κ2) is 14.4. The molecule has 3 aromatic rings. The number of nitrogen functional groups attached to an aromatic ring is 1. The minimum absolute atomic E-state index is 0.0381. The van der Waals surface area contributed by atoms with Crippen LogP contribution in [0.15, 0.2) is 72.8 Å². The molecule has 0 radical (unpaired) electrons. The van der Waals surface area contributed by atoms with Crippen LogP contribution >= 0.6 is 0 Å². The predicted octanol–water partition coefficient (Wildman–Crippen LogP) is 4.45. The molecule has 0 spiro atoms. The molecule has 0 saturated carbocycles. The second-order valence-corrected chi connectivity index (χ2v) is 10.4. The number of para-hydroxylation sites is 1. The Hall–Kier alpha value is -3.84. The van der Waals surface area contributed by atoms with E-state index in [1.165, 1.54) is 0 Å². The molecule has 0 fully saturated rings. The maximum absolute atomic E-state index is 13.1. The highest BCUT2D eigenvalue weighted by Crippen LogP contribution is 2.24. The lowest BCUT2D eigenvalue weighted by atomic mass is 9.82. The third-order valence-electron chi connectivity index (χ3n) is 6.98. The van der Waals surface area contributed by atoms with E-state index in [1.54, 1.807) is 24.3 Å². The molecule has 3 rings (SSSR count). The van der Waals surface area contributed by atoms with Gasteiger partial charge in [0.1, 0.15) is 5.75 Å². The van der Waals surface area contributed by atoms with Crippen molar-refractivity contribution in [1.29, 1.82) is 0 Å². The van der Waals surface area contributed by atoms with E-state index in [1.807, 2.05) is 76.2 Å². The molecule has 3 aromatic carbocycles. The lowest BCUT2D eigenvalue weighted by Crippen LogP contribution is -2.49. The number of rotatable bonds is 13. The van der Waals surface area contributed by atoms with Crippen LogP contribution in [0.1, 0.15) is 47.3 Å². The topological polar surface area (TPSA) is 114 Å². The van der Waals surface area contributed by atoms with E-state index < -0.39 is 6.10 Å². The molecule has 208 valence electrons. The SMILES string of the molecule is Cc1cccc(C)c1OCC(=O)NC(Cc1ccccc1)C(CCNC(=O)c1ccc(N)cc1)C(O)C(C)C. The fourth-order valence-corrected chi connectivity index (χ4v) is 4.78. The van der Waals surface area contributed by atoms with Gasteiger partial charge in [-0.3, -0.25) is 9.59 Å². The number of amides is 2. The predicted molar refractivity (Wildman–Crippen MR) is 156 cm³/mol. The number of aliphatic hydroxyl groups excluding tert-OH is 1. The van der Waals surface area contributed by atoms with E-state index in [9.17, 15) is 14.7 Å². The third-order valence-corrected chi connectivity index (χ3v) is 6.98. The Morgan fingerprint density at radius 3 is 2.18 bits per heavy atom. The van der Waals surface area contributed by atoms with Crippen LogP contribution in [-0.2, 0) is 11.2 Å². The summed E-state index contributed by atoms with van der Waals surface area (Å²) in [5, 5.41) is 17.3. The number of hydrogen-bond donors (Lipinski definition) is 4. The van der Waals surface area contributed by atoms with Gasteiger partial charge in [0.05, 0.1) is 6.10 Å². The zero-order chi connectivity index (χ0) is 28.4. The summed E-state index contributed by atoms with van der Waals surface area (Å²) in [6.45, 7) is 8.03. The molecule has 0 aliphatic carbocycles. The Kier molecular flexibility index (Phi) is 10.9. The number of benzene rings is 3. The molecule has 0 aliphatic heterocycles. The summed E-state index contributed by atoms with van der Waals surface area (Å²) in [5.41, 5.74) is 9.82. The summed E-state index contributed by atoms with van der Waals surface area (Å²) in [5.74, 6) is -0.106. The smallest absolute Gasteiger partial charge is 0.258 e. The van der Waals surface area contributed by atoms with E-state index in [4.69, 9.17) is 10.5 Å². The van der Waals surface area contributed by atoms with Gasteiger partial charge >= 0.3 is 0 Å². The number of aryl methyl sites for hydroxylation is 2. The molecule has 0 heterocycles. The fourth-order valence-electron chi connectivity index (χ4n) is 4.78. The highest BCUT2D eigenvalue weighted by atomic mass is 16.5. The van der Waals surface area contributed by atoms with Crippen molar-refractivity contribution in [3.05, 3.63) is 95.1 Å². The lowest BCUT2D eigenvalue weighted by Gasteiger charge is -2.34. The summed E-state index contributed by atoms with van der Waals surface area (Å²) >= 11 is 0. The van der Waals surface area contributed by atoms with Crippen LogP contribution in [0.3, 0.4) is 0 Å². The van der Waals surface area contributed by atoms with Gasteiger partial charge in [0, 0.05) is 29.8 Å². The van der Waals surface area contributed by atoms with Crippen molar-refractivity contribution in [2.24, 2.45) is 11.8 Å². The zero-order valence-corrected chi connectivity index (χ0v) is 23.3. The van der Waals surface area contributed by atoms with E-state index in [0.717, 1.165) is 16.7 Å². The Morgan fingerprint density at radius 2 is 1.56 bits per heavy atom. The minimum Gasteiger partial charge on any atom is -0.483 e. The van der Waals surface area contributed by atoms with Crippen LogP contribution in [0.4, 0.5) is 5.69 Å². The average molecular weight is 532 g/mol.